The minimum absolute atomic E-state index is 0.252. The Kier molecular flexibility index (Phi) is 5.05. The third kappa shape index (κ3) is 3.47. The van der Waals surface area contributed by atoms with Gasteiger partial charge in [-0.25, -0.2) is 0 Å². The average Bonchev–Trinajstić information content (AvgIpc) is 3.40. The number of halogens is 1. The predicted octanol–water partition coefficient (Wildman–Crippen LogP) is 5.13. The zero-order valence-electron chi connectivity index (χ0n) is 15.2. The Hall–Kier alpha value is -2.33. The summed E-state index contributed by atoms with van der Waals surface area (Å²) in [7, 11) is 0. The van der Waals surface area contributed by atoms with Gasteiger partial charge < -0.3 is 10.6 Å². The van der Waals surface area contributed by atoms with Crippen LogP contribution in [0.1, 0.15) is 43.7 Å². The van der Waals surface area contributed by atoms with Crippen LogP contribution in [0, 0.1) is 12.3 Å². The van der Waals surface area contributed by atoms with E-state index in [0.29, 0.717) is 23.6 Å². The number of nitrogens with one attached hydrogen (secondary N) is 2. The molecule has 2 amide bonds. The van der Waals surface area contributed by atoms with E-state index >= 15 is 0 Å². The van der Waals surface area contributed by atoms with Crippen molar-refractivity contribution in [2.24, 2.45) is 5.41 Å². The number of aryl methyl sites for hydroxylation is 1. The first kappa shape index (κ1) is 18.5. The van der Waals surface area contributed by atoms with Gasteiger partial charge in [-0.2, -0.15) is 0 Å². The Balaban J connectivity index is 1.80. The fourth-order valence-corrected chi connectivity index (χ4v) is 3.25. The van der Waals surface area contributed by atoms with Gasteiger partial charge in [-0.15, -0.1) is 0 Å². The predicted molar refractivity (Wildman–Crippen MR) is 106 cm³/mol. The van der Waals surface area contributed by atoms with Crippen LogP contribution in [0.25, 0.3) is 0 Å². The van der Waals surface area contributed by atoms with Crippen molar-refractivity contribution in [1.29, 1.82) is 0 Å². The molecule has 0 heterocycles. The fourth-order valence-electron chi connectivity index (χ4n) is 3.06. The van der Waals surface area contributed by atoms with Crippen LogP contribution in [0.2, 0.25) is 5.02 Å². The van der Waals surface area contributed by atoms with Gasteiger partial charge in [0.2, 0.25) is 11.8 Å². The van der Waals surface area contributed by atoms with E-state index in [9.17, 15) is 9.59 Å². The molecule has 3 rings (SSSR count). The van der Waals surface area contributed by atoms with E-state index in [4.69, 9.17) is 11.6 Å². The van der Waals surface area contributed by atoms with E-state index in [0.717, 1.165) is 16.8 Å². The topological polar surface area (TPSA) is 58.2 Å². The second-order valence-corrected chi connectivity index (χ2v) is 7.57. The van der Waals surface area contributed by atoms with Crippen molar-refractivity contribution >= 4 is 34.8 Å². The van der Waals surface area contributed by atoms with Crippen molar-refractivity contribution in [3.63, 3.8) is 0 Å². The molecule has 0 aliphatic heterocycles. The molecule has 0 aromatic heterocycles. The second kappa shape index (κ2) is 7.12. The molecule has 0 bridgehead atoms. The number of rotatable bonds is 5. The molecular weight excluding hydrogens is 348 g/mol. The summed E-state index contributed by atoms with van der Waals surface area (Å²) in [6.45, 7) is 6.13. The molecule has 0 unspecified atom stereocenters. The van der Waals surface area contributed by atoms with Crippen LogP contribution in [-0.4, -0.2) is 11.8 Å². The molecule has 1 aliphatic carbocycles. The number of carbonyl (C=O) groups excluding carboxylic acids is 2. The molecule has 5 heteroatoms. The number of hydrogen-bond acceptors (Lipinski definition) is 2. The molecular formula is C21H23ClN2O2. The van der Waals surface area contributed by atoms with Crippen molar-refractivity contribution in [2.45, 2.75) is 39.5 Å². The molecule has 1 aliphatic rings. The van der Waals surface area contributed by atoms with Gasteiger partial charge in [0.25, 0.3) is 0 Å². The Bertz CT molecular complexity index is 857. The van der Waals surface area contributed by atoms with Gasteiger partial charge in [0, 0.05) is 5.69 Å². The zero-order chi connectivity index (χ0) is 18.9. The van der Waals surface area contributed by atoms with Crippen LogP contribution >= 0.6 is 11.6 Å². The number of amides is 2. The Morgan fingerprint density at radius 3 is 2.27 bits per heavy atom. The van der Waals surface area contributed by atoms with Crippen molar-refractivity contribution < 1.29 is 9.59 Å². The van der Waals surface area contributed by atoms with E-state index in [2.05, 4.69) is 24.5 Å². The molecule has 4 nitrogen and oxygen atoms in total. The quantitative estimate of drug-likeness (QED) is 0.717. The number of hydrogen-bond donors (Lipinski definition) is 2. The average molecular weight is 371 g/mol. The summed E-state index contributed by atoms with van der Waals surface area (Å²) in [5, 5.41) is 6.27. The van der Waals surface area contributed by atoms with Crippen LogP contribution in [0.5, 0.6) is 0 Å². The molecule has 0 saturated heterocycles. The maximum absolute atomic E-state index is 12.9. The van der Waals surface area contributed by atoms with Crippen molar-refractivity contribution in [1.82, 2.24) is 0 Å². The third-order valence-corrected chi connectivity index (χ3v) is 5.24. The van der Waals surface area contributed by atoms with Gasteiger partial charge in [0.15, 0.2) is 0 Å². The standard InChI is InChI=1S/C21H23ClN2O2/c1-13(2)15-8-6-7-14(3)18(15)24-20(26)21(11-12-21)19(25)23-17-10-5-4-9-16(17)22/h4-10,13H,11-12H2,1-3H3,(H,23,25)(H,24,26). The van der Waals surface area contributed by atoms with Crippen LogP contribution in [0.15, 0.2) is 42.5 Å². The highest BCUT2D eigenvalue weighted by Gasteiger charge is 2.56. The molecule has 2 aromatic rings. The highest BCUT2D eigenvalue weighted by molar-refractivity contribution is 6.34. The highest BCUT2D eigenvalue weighted by Crippen LogP contribution is 2.48. The summed E-state index contributed by atoms with van der Waals surface area (Å²) in [6.07, 6.45) is 1.08. The highest BCUT2D eigenvalue weighted by atomic mass is 35.5. The molecule has 26 heavy (non-hydrogen) atoms. The van der Waals surface area contributed by atoms with E-state index in [1.54, 1.807) is 24.3 Å². The van der Waals surface area contributed by atoms with Gasteiger partial charge in [-0.3, -0.25) is 9.59 Å². The minimum Gasteiger partial charge on any atom is -0.325 e. The third-order valence-electron chi connectivity index (χ3n) is 4.91. The van der Waals surface area contributed by atoms with Crippen LogP contribution in [-0.2, 0) is 9.59 Å². The zero-order valence-corrected chi connectivity index (χ0v) is 16.0. The van der Waals surface area contributed by atoms with Gasteiger partial charge in [-0.1, -0.05) is 55.8 Å². The van der Waals surface area contributed by atoms with Crippen molar-refractivity contribution in [3.8, 4) is 0 Å². The first-order valence-electron chi connectivity index (χ1n) is 8.82. The number of anilines is 2. The van der Waals surface area contributed by atoms with E-state index in [1.807, 2.05) is 25.1 Å². The molecule has 2 aromatic carbocycles. The second-order valence-electron chi connectivity index (χ2n) is 7.16. The van der Waals surface area contributed by atoms with E-state index in [1.165, 1.54) is 0 Å². The molecule has 0 atom stereocenters. The lowest BCUT2D eigenvalue weighted by Gasteiger charge is -2.20. The molecule has 0 radical (unpaired) electrons. The van der Waals surface area contributed by atoms with Crippen molar-refractivity contribution in [3.05, 3.63) is 58.6 Å². The van der Waals surface area contributed by atoms with Gasteiger partial charge in [0.05, 0.1) is 10.7 Å². The smallest absolute Gasteiger partial charge is 0.240 e. The number of benzene rings is 2. The molecule has 1 saturated carbocycles. The minimum atomic E-state index is -1.02. The largest absolute Gasteiger partial charge is 0.325 e. The number of para-hydroxylation sites is 2. The SMILES string of the molecule is Cc1cccc(C(C)C)c1NC(=O)C1(C(=O)Nc2ccccc2Cl)CC1. The Labute approximate surface area is 158 Å². The Morgan fingerprint density at radius 2 is 1.65 bits per heavy atom. The summed E-state index contributed by atoms with van der Waals surface area (Å²) in [4.78, 5) is 25.7. The summed E-state index contributed by atoms with van der Waals surface area (Å²) in [6, 6.07) is 13.0. The summed E-state index contributed by atoms with van der Waals surface area (Å²) < 4.78 is 0. The van der Waals surface area contributed by atoms with Crippen LogP contribution in [0.3, 0.4) is 0 Å². The van der Waals surface area contributed by atoms with E-state index in [-0.39, 0.29) is 17.7 Å². The summed E-state index contributed by atoms with van der Waals surface area (Å²) >= 11 is 6.11. The van der Waals surface area contributed by atoms with Gasteiger partial charge in [-0.05, 0) is 48.9 Å². The van der Waals surface area contributed by atoms with Crippen LogP contribution in [0.4, 0.5) is 11.4 Å². The maximum Gasteiger partial charge on any atom is 0.240 e. The lowest BCUT2D eigenvalue weighted by atomic mass is 9.97. The van der Waals surface area contributed by atoms with Gasteiger partial charge >= 0.3 is 0 Å². The van der Waals surface area contributed by atoms with Crippen molar-refractivity contribution in [2.75, 3.05) is 10.6 Å². The first-order valence-corrected chi connectivity index (χ1v) is 9.20. The maximum atomic E-state index is 12.9. The lowest BCUT2D eigenvalue weighted by Crippen LogP contribution is -2.36. The Morgan fingerprint density at radius 1 is 1.00 bits per heavy atom. The molecule has 1 fully saturated rings. The normalized spacial score (nSPS) is 14.8. The molecule has 0 spiro atoms. The summed E-state index contributed by atoms with van der Waals surface area (Å²) in [5.74, 6) is -0.279. The summed E-state index contributed by atoms with van der Waals surface area (Å²) in [5.41, 5.74) is 2.38. The van der Waals surface area contributed by atoms with E-state index < -0.39 is 5.41 Å². The first-order chi connectivity index (χ1) is 12.3. The lowest BCUT2D eigenvalue weighted by molar-refractivity contribution is -0.131. The molecule has 136 valence electrons. The number of carbonyl (C=O) groups is 2. The van der Waals surface area contributed by atoms with Crippen LogP contribution < -0.4 is 10.6 Å². The monoisotopic (exact) mass is 370 g/mol. The van der Waals surface area contributed by atoms with Gasteiger partial charge in [0.1, 0.15) is 5.41 Å². The fraction of sp³-hybridized carbons (Fsp3) is 0.333. The molecule has 2 N–H and O–H groups in total.